The second-order valence-corrected chi connectivity index (χ2v) is 7.86. The van der Waals surface area contributed by atoms with Gasteiger partial charge < -0.3 is 9.72 Å². The van der Waals surface area contributed by atoms with Crippen LogP contribution >= 0.6 is 0 Å². The summed E-state index contributed by atoms with van der Waals surface area (Å²) in [5.74, 6) is -2.96. The summed E-state index contributed by atoms with van der Waals surface area (Å²) in [5, 5.41) is 4.07. The van der Waals surface area contributed by atoms with E-state index in [0.717, 1.165) is 12.1 Å². The average Bonchev–Trinajstić information content (AvgIpc) is 3.06. The predicted molar refractivity (Wildman–Crippen MR) is 98.6 cm³/mol. The minimum atomic E-state index is -4.15. The number of benzene rings is 1. The molecule has 3 aromatic rings. The van der Waals surface area contributed by atoms with Gasteiger partial charge in [-0.25, -0.2) is 27.3 Å². The van der Waals surface area contributed by atoms with Gasteiger partial charge in [0.1, 0.15) is 28.3 Å². The summed E-state index contributed by atoms with van der Waals surface area (Å²) < 4.78 is 58.0. The molecule has 0 aliphatic carbocycles. The van der Waals surface area contributed by atoms with E-state index in [1.165, 1.54) is 32.5 Å². The van der Waals surface area contributed by atoms with Gasteiger partial charge in [-0.1, -0.05) is 13.0 Å². The number of ether oxygens (including phenoxy) is 1. The quantitative estimate of drug-likeness (QED) is 0.608. The molecule has 7 nitrogen and oxygen atoms in total. The van der Waals surface area contributed by atoms with Crippen LogP contribution < -0.4 is 9.88 Å². The van der Waals surface area contributed by atoms with Crippen molar-refractivity contribution in [3.63, 3.8) is 0 Å². The standard InChI is InChI=1S/C18H17F2N3O4S/c1-3-14(28(21,25)26)10-4-5-13(19)15(16(10)20)17(24)12-8-23-18-11(12)6-9(27-2)7-22-18/h4-8,14H,3H2,1-2H3,(H,22,23)(H2,21,25,26). The molecule has 1 unspecified atom stereocenters. The van der Waals surface area contributed by atoms with E-state index in [2.05, 4.69) is 9.97 Å². The second-order valence-electron chi connectivity index (χ2n) is 6.11. The van der Waals surface area contributed by atoms with Crippen LogP contribution in [0.3, 0.4) is 0 Å². The van der Waals surface area contributed by atoms with Gasteiger partial charge in [0.2, 0.25) is 15.8 Å². The number of hydrogen-bond acceptors (Lipinski definition) is 5. The highest BCUT2D eigenvalue weighted by Crippen LogP contribution is 2.31. The van der Waals surface area contributed by atoms with E-state index >= 15 is 4.39 Å². The van der Waals surface area contributed by atoms with Crippen molar-refractivity contribution in [1.82, 2.24) is 9.97 Å². The molecule has 148 valence electrons. The molecule has 3 rings (SSSR count). The van der Waals surface area contributed by atoms with Crippen LogP contribution in [-0.4, -0.2) is 31.3 Å². The van der Waals surface area contributed by atoms with E-state index in [1.54, 1.807) is 0 Å². The van der Waals surface area contributed by atoms with Gasteiger partial charge in [-0.05, 0) is 18.6 Å². The zero-order valence-corrected chi connectivity index (χ0v) is 15.8. The van der Waals surface area contributed by atoms with E-state index in [9.17, 15) is 17.6 Å². The summed E-state index contributed by atoms with van der Waals surface area (Å²) in [7, 11) is -2.74. The topological polar surface area (TPSA) is 115 Å². The Hall–Kier alpha value is -2.85. The number of aromatic nitrogens is 2. The van der Waals surface area contributed by atoms with E-state index in [0.29, 0.717) is 16.8 Å². The lowest BCUT2D eigenvalue weighted by Gasteiger charge is -2.16. The number of rotatable bonds is 6. The number of nitrogens with one attached hydrogen (secondary N) is 1. The molecule has 2 heterocycles. The molecule has 0 radical (unpaired) electrons. The Morgan fingerprint density at radius 2 is 2.07 bits per heavy atom. The van der Waals surface area contributed by atoms with E-state index in [1.807, 2.05) is 0 Å². The van der Waals surface area contributed by atoms with Crippen LogP contribution in [0.15, 0.2) is 30.6 Å². The van der Waals surface area contributed by atoms with Crippen LogP contribution in [0.2, 0.25) is 0 Å². The minimum absolute atomic E-state index is 0.0278. The fourth-order valence-electron chi connectivity index (χ4n) is 3.07. The monoisotopic (exact) mass is 409 g/mol. The number of H-pyrrole nitrogens is 1. The number of aromatic amines is 1. The van der Waals surface area contributed by atoms with Crippen LogP contribution in [0.4, 0.5) is 8.78 Å². The summed E-state index contributed by atoms with van der Waals surface area (Å²) in [6.45, 7) is 1.50. The van der Waals surface area contributed by atoms with Gasteiger partial charge >= 0.3 is 0 Å². The smallest absolute Gasteiger partial charge is 0.216 e. The number of nitrogens with zero attached hydrogens (tertiary/aromatic N) is 1. The largest absolute Gasteiger partial charge is 0.495 e. The van der Waals surface area contributed by atoms with E-state index < -0.39 is 38.3 Å². The number of ketones is 1. The SMILES string of the molecule is CCC(c1ccc(F)c(C(=O)c2c[nH]c3ncc(OC)cc23)c1F)S(N)(=O)=O. The number of pyridine rings is 1. The molecule has 2 aromatic heterocycles. The molecule has 10 heteroatoms. The molecular formula is C18H17F2N3O4S. The first-order valence-electron chi connectivity index (χ1n) is 8.24. The van der Waals surface area contributed by atoms with Gasteiger partial charge in [-0.15, -0.1) is 0 Å². The summed E-state index contributed by atoms with van der Waals surface area (Å²) in [5.41, 5.74) is -0.911. The van der Waals surface area contributed by atoms with Gasteiger partial charge in [0.25, 0.3) is 0 Å². The Kier molecular flexibility index (Phi) is 5.18. The molecular weight excluding hydrogens is 392 g/mol. The molecule has 28 heavy (non-hydrogen) atoms. The molecule has 0 fully saturated rings. The number of carbonyl (C=O) groups excluding carboxylic acids is 1. The number of hydrogen-bond donors (Lipinski definition) is 2. The predicted octanol–water partition coefficient (Wildman–Crippen LogP) is 2.82. The average molecular weight is 409 g/mol. The maximum Gasteiger partial charge on any atom is 0.216 e. The van der Waals surface area contributed by atoms with E-state index in [-0.39, 0.29) is 17.5 Å². The van der Waals surface area contributed by atoms with Crippen molar-refractivity contribution in [3.8, 4) is 5.75 Å². The molecule has 3 N–H and O–H groups in total. The van der Waals surface area contributed by atoms with Crippen LogP contribution in [0.1, 0.15) is 40.1 Å². The molecule has 1 atom stereocenters. The van der Waals surface area contributed by atoms with Crippen LogP contribution in [0.25, 0.3) is 11.0 Å². The van der Waals surface area contributed by atoms with Crippen molar-refractivity contribution in [2.75, 3.05) is 7.11 Å². The third-order valence-corrected chi connectivity index (χ3v) is 5.83. The Bertz CT molecular complexity index is 1180. The van der Waals surface area contributed by atoms with Crippen molar-refractivity contribution in [2.45, 2.75) is 18.6 Å². The second kappa shape index (κ2) is 7.28. The summed E-state index contributed by atoms with van der Waals surface area (Å²) >= 11 is 0. The minimum Gasteiger partial charge on any atom is -0.495 e. The normalized spacial score (nSPS) is 12.9. The van der Waals surface area contributed by atoms with Gasteiger partial charge in [0.15, 0.2) is 0 Å². The highest BCUT2D eigenvalue weighted by atomic mass is 32.2. The van der Waals surface area contributed by atoms with Crippen LogP contribution in [0.5, 0.6) is 5.75 Å². The fraction of sp³-hybridized carbons (Fsp3) is 0.222. The van der Waals surface area contributed by atoms with Gasteiger partial charge in [0, 0.05) is 22.7 Å². The van der Waals surface area contributed by atoms with Gasteiger partial charge in [0.05, 0.1) is 18.9 Å². The van der Waals surface area contributed by atoms with Crippen molar-refractivity contribution in [1.29, 1.82) is 0 Å². The lowest BCUT2D eigenvalue weighted by molar-refractivity contribution is 0.103. The lowest BCUT2D eigenvalue weighted by Crippen LogP contribution is -2.23. The molecule has 0 spiro atoms. The summed E-state index contributed by atoms with van der Waals surface area (Å²) in [6, 6.07) is 3.35. The molecule has 0 bridgehead atoms. The Balaban J connectivity index is 2.19. The fourth-order valence-corrected chi connectivity index (χ4v) is 4.07. The highest BCUT2D eigenvalue weighted by molar-refractivity contribution is 7.89. The van der Waals surface area contributed by atoms with Crippen molar-refractivity contribution in [2.24, 2.45) is 5.14 Å². The maximum absolute atomic E-state index is 15.1. The molecule has 0 saturated heterocycles. The van der Waals surface area contributed by atoms with Crippen molar-refractivity contribution in [3.05, 3.63) is 58.9 Å². The number of nitrogens with two attached hydrogens (primary N) is 1. The molecule has 0 aliphatic rings. The van der Waals surface area contributed by atoms with Gasteiger partial charge in [-0.3, -0.25) is 4.79 Å². The summed E-state index contributed by atoms with van der Waals surface area (Å²) in [6.07, 6.45) is 2.66. The van der Waals surface area contributed by atoms with E-state index in [4.69, 9.17) is 9.88 Å². The van der Waals surface area contributed by atoms with Crippen LogP contribution in [0, 0.1) is 11.6 Å². The number of sulfonamides is 1. The first-order valence-corrected chi connectivity index (χ1v) is 9.85. The Morgan fingerprint density at radius 1 is 1.36 bits per heavy atom. The maximum atomic E-state index is 15.1. The molecule has 0 saturated carbocycles. The third kappa shape index (κ3) is 3.36. The van der Waals surface area contributed by atoms with Crippen LogP contribution in [-0.2, 0) is 10.0 Å². The molecule has 0 aliphatic heterocycles. The first kappa shape index (κ1) is 19.9. The Morgan fingerprint density at radius 3 is 2.68 bits per heavy atom. The number of primary sulfonamides is 1. The summed E-state index contributed by atoms with van der Waals surface area (Å²) in [4.78, 5) is 19.7. The van der Waals surface area contributed by atoms with Gasteiger partial charge in [-0.2, -0.15) is 0 Å². The lowest BCUT2D eigenvalue weighted by atomic mass is 9.98. The molecule has 1 aromatic carbocycles. The third-order valence-electron chi connectivity index (χ3n) is 4.45. The Labute approximate surface area is 159 Å². The number of halogens is 2. The zero-order valence-electron chi connectivity index (χ0n) is 15.0. The number of methoxy groups -OCH3 is 1. The number of carbonyl (C=O) groups is 1. The molecule has 0 amide bonds. The first-order chi connectivity index (χ1) is 13.2. The van der Waals surface area contributed by atoms with Crippen molar-refractivity contribution < 1.29 is 26.7 Å². The zero-order chi connectivity index (χ0) is 20.6. The highest BCUT2D eigenvalue weighted by Gasteiger charge is 2.30. The van der Waals surface area contributed by atoms with Crippen molar-refractivity contribution >= 4 is 26.8 Å². The number of fused-ring (bicyclic) bond motifs is 1.